The first-order chi connectivity index (χ1) is 7.69. The van der Waals surface area contributed by atoms with Crippen molar-refractivity contribution in [1.82, 2.24) is 0 Å². The van der Waals surface area contributed by atoms with E-state index in [1.807, 2.05) is 25.1 Å². The van der Waals surface area contributed by atoms with Crippen LogP contribution < -0.4 is 4.72 Å². The third-order valence-corrected chi connectivity index (χ3v) is 3.13. The van der Waals surface area contributed by atoms with E-state index in [0.29, 0.717) is 5.56 Å². The largest absolute Gasteiger partial charge is 0.465 e. The number of rotatable bonds is 5. The van der Waals surface area contributed by atoms with Gasteiger partial charge in [0.05, 0.1) is 12.7 Å². The number of hydrogen-bond acceptors (Lipinski definition) is 4. The van der Waals surface area contributed by atoms with Gasteiger partial charge in [0, 0.05) is 11.4 Å². The quantitative estimate of drug-likeness (QED) is 0.486. The van der Waals surface area contributed by atoms with Crippen molar-refractivity contribution < 1.29 is 9.53 Å². The second-order valence-corrected chi connectivity index (χ2v) is 4.37. The van der Waals surface area contributed by atoms with Crippen LogP contribution in [0.15, 0.2) is 18.2 Å². The Labute approximate surface area is 101 Å². The van der Waals surface area contributed by atoms with Gasteiger partial charge in [0.15, 0.2) is 0 Å². The molecule has 0 saturated carbocycles. The second-order valence-electron chi connectivity index (χ2n) is 3.47. The van der Waals surface area contributed by atoms with Crippen LogP contribution in [0.25, 0.3) is 0 Å². The maximum atomic E-state index is 11.5. The Morgan fingerprint density at radius 3 is 2.88 bits per heavy atom. The van der Waals surface area contributed by atoms with Crippen molar-refractivity contribution in [3.8, 4) is 0 Å². The van der Waals surface area contributed by atoms with Crippen molar-refractivity contribution in [2.45, 2.75) is 20.3 Å². The number of benzene rings is 1. The average molecular weight is 239 g/mol. The maximum absolute atomic E-state index is 11.5. The van der Waals surface area contributed by atoms with Crippen molar-refractivity contribution >= 4 is 23.6 Å². The molecule has 0 atom stereocenters. The summed E-state index contributed by atoms with van der Waals surface area (Å²) in [4.78, 5) is 11.5. The standard InChI is InChI=1S/C12H17NO2S/c1-4-7-16-13-10-6-5-9(2)11(8-10)12(14)15-3/h5-6,8,13H,4,7H2,1-3H3. The summed E-state index contributed by atoms with van der Waals surface area (Å²) in [6, 6.07) is 5.70. The van der Waals surface area contributed by atoms with Crippen LogP contribution in [-0.4, -0.2) is 18.8 Å². The Morgan fingerprint density at radius 1 is 1.50 bits per heavy atom. The molecule has 0 spiro atoms. The van der Waals surface area contributed by atoms with Gasteiger partial charge in [0.2, 0.25) is 0 Å². The summed E-state index contributed by atoms with van der Waals surface area (Å²) in [5.74, 6) is 0.753. The zero-order chi connectivity index (χ0) is 12.0. The molecule has 1 N–H and O–H groups in total. The molecule has 0 fully saturated rings. The van der Waals surface area contributed by atoms with Gasteiger partial charge in [-0.1, -0.05) is 24.9 Å². The molecule has 1 rings (SSSR count). The molecule has 88 valence electrons. The molecule has 0 heterocycles. The lowest BCUT2D eigenvalue weighted by atomic mass is 10.1. The van der Waals surface area contributed by atoms with E-state index in [1.54, 1.807) is 11.9 Å². The highest BCUT2D eigenvalue weighted by molar-refractivity contribution is 8.00. The summed E-state index contributed by atoms with van der Waals surface area (Å²) in [7, 11) is 1.40. The van der Waals surface area contributed by atoms with Crippen LogP contribution in [0.4, 0.5) is 5.69 Å². The van der Waals surface area contributed by atoms with E-state index in [1.165, 1.54) is 7.11 Å². The van der Waals surface area contributed by atoms with Gasteiger partial charge in [-0.3, -0.25) is 0 Å². The molecule has 0 radical (unpaired) electrons. The molecular weight excluding hydrogens is 222 g/mol. The lowest BCUT2D eigenvalue weighted by Crippen LogP contribution is -2.04. The van der Waals surface area contributed by atoms with Gasteiger partial charge in [-0.2, -0.15) is 0 Å². The van der Waals surface area contributed by atoms with Gasteiger partial charge >= 0.3 is 5.97 Å². The summed E-state index contributed by atoms with van der Waals surface area (Å²) in [5.41, 5.74) is 2.48. The molecule has 0 unspecified atom stereocenters. The zero-order valence-electron chi connectivity index (χ0n) is 9.87. The molecule has 3 nitrogen and oxygen atoms in total. The van der Waals surface area contributed by atoms with Crippen LogP contribution in [0.5, 0.6) is 0 Å². The minimum absolute atomic E-state index is 0.290. The Bertz CT molecular complexity index is 366. The van der Waals surface area contributed by atoms with Crippen molar-refractivity contribution in [1.29, 1.82) is 0 Å². The monoisotopic (exact) mass is 239 g/mol. The number of ether oxygens (including phenoxy) is 1. The molecule has 1 aromatic rings. The Balaban J connectivity index is 2.77. The first kappa shape index (κ1) is 12.9. The first-order valence-corrected chi connectivity index (χ1v) is 6.24. The maximum Gasteiger partial charge on any atom is 0.338 e. The normalized spacial score (nSPS) is 9.94. The number of nitrogens with one attached hydrogen (secondary N) is 1. The minimum Gasteiger partial charge on any atom is -0.465 e. The van der Waals surface area contributed by atoms with Gasteiger partial charge in [-0.25, -0.2) is 4.79 Å². The van der Waals surface area contributed by atoms with Crippen LogP contribution in [0.2, 0.25) is 0 Å². The molecule has 1 aromatic carbocycles. The van der Waals surface area contributed by atoms with E-state index in [0.717, 1.165) is 23.4 Å². The summed E-state index contributed by atoms with van der Waals surface area (Å²) < 4.78 is 7.93. The predicted molar refractivity (Wildman–Crippen MR) is 68.9 cm³/mol. The molecule has 16 heavy (non-hydrogen) atoms. The number of anilines is 1. The number of carbonyl (C=O) groups is 1. The van der Waals surface area contributed by atoms with Crippen LogP contribution in [0.1, 0.15) is 29.3 Å². The average Bonchev–Trinajstić information content (AvgIpc) is 2.30. The topological polar surface area (TPSA) is 38.3 Å². The highest BCUT2D eigenvalue weighted by Crippen LogP contribution is 2.19. The molecule has 0 aliphatic heterocycles. The van der Waals surface area contributed by atoms with Crippen LogP contribution in [-0.2, 0) is 4.74 Å². The van der Waals surface area contributed by atoms with Crippen LogP contribution in [0.3, 0.4) is 0 Å². The molecule has 0 saturated heterocycles. The Hall–Kier alpha value is -1.16. The van der Waals surface area contributed by atoms with Crippen molar-refractivity contribution in [2.24, 2.45) is 0 Å². The highest BCUT2D eigenvalue weighted by Gasteiger charge is 2.09. The fourth-order valence-electron chi connectivity index (χ4n) is 1.25. The predicted octanol–water partition coefficient (Wildman–Crippen LogP) is 3.25. The third-order valence-electron chi connectivity index (χ3n) is 2.14. The fourth-order valence-corrected chi connectivity index (χ4v) is 1.85. The van der Waals surface area contributed by atoms with Gasteiger partial charge in [0.25, 0.3) is 0 Å². The van der Waals surface area contributed by atoms with E-state index in [4.69, 9.17) is 4.74 Å². The minimum atomic E-state index is -0.290. The molecule has 0 aliphatic rings. The lowest BCUT2D eigenvalue weighted by molar-refractivity contribution is 0.0600. The van der Waals surface area contributed by atoms with Crippen molar-refractivity contribution in [2.75, 3.05) is 17.6 Å². The van der Waals surface area contributed by atoms with Crippen LogP contribution >= 0.6 is 11.9 Å². The number of aryl methyl sites for hydroxylation is 1. The van der Waals surface area contributed by atoms with E-state index in [2.05, 4.69) is 11.6 Å². The van der Waals surface area contributed by atoms with Crippen molar-refractivity contribution in [3.63, 3.8) is 0 Å². The summed E-state index contributed by atoms with van der Waals surface area (Å²) >= 11 is 1.64. The Morgan fingerprint density at radius 2 is 2.25 bits per heavy atom. The van der Waals surface area contributed by atoms with Gasteiger partial charge in [0.1, 0.15) is 0 Å². The number of esters is 1. The zero-order valence-corrected chi connectivity index (χ0v) is 10.7. The smallest absolute Gasteiger partial charge is 0.338 e. The molecular formula is C12H17NO2S. The molecule has 0 aromatic heterocycles. The van der Waals surface area contributed by atoms with Gasteiger partial charge in [-0.05, 0) is 31.0 Å². The van der Waals surface area contributed by atoms with Gasteiger partial charge in [-0.15, -0.1) is 0 Å². The molecule has 0 aliphatic carbocycles. The second kappa shape index (κ2) is 6.43. The number of carbonyl (C=O) groups excluding carboxylic acids is 1. The Kier molecular flexibility index (Phi) is 5.19. The highest BCUT2D eigenvalue weighted by atomic mass is 32.2. The van der Waals surface area contributed by atoms with Crippen molar-refractivity contribution in [3.05, 3.63) is 29.3 Å². The summed E-state index contributed by atoms with van der Waals surface area (Å²) in [6.45, 7) is 4.03. The van der Waals surface area contributed by atoms with E-state index in [9.17, 15) is 4.79 Å². The van der Waals surface area contributed by atoms with Crippen LogP contribution in [0, 0.1) is 6.92 Å². The van der Waals surface area contributed by atoms with E-state index >= 15 is 0 Å². The number of methoxy groups -OCH3 is 1. The van der Waals surface area contributed by atoms with Gasteiger partial charge < -0.3 is 9.46 Å². The summed E-state index contributed by atoms with van der Waals surface area (Å²) in [5, 5.41) is 0. The number of hydrogen-bond donors (Lipinski definition) is 1. The third kappa shape index (κ3) is 3.45. The SMILES string of the molecule is CCCSNc1ccc(C)c(C(=O)OC)c1. The summed E-state index contributed by atoms with van der Waals surface area (Å²) in [6.07, 6.45) is 1.12. The van der Waals surface area contributed by atoms with E-state index < -0.39 is 0 Å². The first-order valence-electron chi connectivity index (χ1n) is 5.25. The fraction of sp³-hybridized carbons (Fsp3) is 0.417. The van der Waals surface area contributed by atoms with E-state index in [-0.39, 0.29) is 5.97 Å². The lowest BCUT2D eigenvalue weighted by Gasteiger charge is -2.08. The molecule has 4 heteroatoms. The molecule has 0 bridgehead atoms. The molecule has 0 amide bonds.